The van der Waals surface area contributed by atoms with Crippen molar-refractivity contribution in [3.05, 3.63) is 58.6 Å². The summed E-state index contributed by atoms with van der Waals surface area (Å²) in [4.78, 5) is 19.9. The van der Waals surface area contributed by atoms with Gasteiger partial charge >= 0.3 is 0 Å². The highest BCUT2D eigenvalue weighted by atomic mass is 79.9. The quantitative estimate of drug-likeness (QED) is 0.569. The van der Waals surface area contributed by atoms with Crippen molar-refractivity contribution >= 4 is 32.9 Å². The van der Waals surface area contributed by atoms with E-state index in [2.05, 4.69) is 31.2 Å². The van der Waals surface area contributed by atoms with Crippen LogP contribution in [-0.2, 0) is 11.2 Å². The summed E-state index contributed by atoms with van der Waals surface area (Å²) in [6, 6.07) is 11.9. The van der Waals surface area contributed by atoms with Gasteiger partial charge in [0.2, 0.25) is 0 Å². The lowest BCUT2D eigenvalue weighted by atomic mass is 10.3. The molecule has 26 heavy (non-hydrogen) atoms. The van der Waals surface area contributed by atoms with E-state index < -0.39 is 6.10 Å². The summed E-state index contributed by atoms with van der Waals surface area (Å²) in [5.74, 6) is 0.745. The first-order valence-electron chi connectivity index (χ1n) is 8.36. The molecule has 1 amide bonds. The van der Waals surface area contributed by atoms with Crippen molar-refractivity contribution in [1.82, 2.24) is 15.3 Å². The van der Waals surface area contributed by atoms with Gasteiger partial charge in [-0.3, -0.25) is 4.79 Å². The van der Waals surface area contributed by atoms with Crippen LogP contribution in [0.15, 0.2) is 46.9 Å². The summed E-state index contributed by atoms with van der Waals surface area (Å²) in [6.45, 7) is 2.18. The van der Waals surface area contributed by atoms with Crippen LogP contribution < -0.4 is 10.1 Å². The Kier molecular flexibility index (Phi) is 5.88. The van der Waals surface area contributed by atoms with E-state index >= 15 is 0 Å². The van der Waals surface area contributed by atoms with Crippen LogP contribution in [0.4, 0.5) is 4.39 Å². The average Bonchev–Trinajstić information content (AvgIpc) is 3.03. The highest BCUT2D eigenvalue weighted by Crippen LogP contribution is 2.26. The molecule has 7 heteroatoms. The molecule has 0 bridgehead atoms. The minimum absolute atomic E-state index is 0.217. The molecule has 0 fully saturated rings. The molecule has 0 unspecified atom stereocenters. The lowest BCUT2D eigenvalue weighted by Gasteiger charge is -2.15. The number of benzene rings is 2. The number of fused-ring (bicyclic) bond motifs is 1. The second kappa shape index (κ2) is 8.31. The fourth-order valence-corrected chi connectivity index (χ4v) is 2.99. The number of hydrogen-bond acceptors (Lipinski definition) is 3. The molecule has 0 radical (unpaired) electrons. The zero-order chi connectivity index (χ0) is 18.5. The van der Waals surface area contributed by atoms with E-state index in [0.29, 0.717) is 16.8 Å². The van der Waals surface area contributed by atoms with E-state index in [1.807, 2.05) is 24.3 Å². The number of rotatable bonds is 7. The SMILES string of the molecule is C[C@H](Oc1ccc(F)cc1Br)C(=O)NCCCc1nc2ccccc2[nH]1. The number of halogens is 2. The number of aromatic nitrogens is 2. The van der Waals surface area contributed by atoms with Crippen LogP contribution in [0.3, 0.4) is 0 Å². The maximum atomic E-state index is 13.1. The van der Waals surface area contributed by atoms with Crippen molar-refractivity contribution in [2.75, 3.05) is 6.54 Å². The van der Waals surface area contributed by atoms with Gasteiger partial charge in [0.1, 0.15) is 17.4 Å². The molecule has 0 aliphatic carbocycles. The number of aryl methyl sites for hydroxylation is 1. The molecule has 0 saturated heterocycles. The zero-order valence-electron chi connectivity index (χ0n) is 14.3. The Balaban J connectivity index is 1.44. The van der Waals surface area contributed by atoms with E-state index in [0.717, 1.165) is 29.7 Å². The first kappa shape index (κ1) is 18.4. The molecule has 0 saturated carbocycles. The second-order valence-electron chi connectivity index (χ2n) is 5.93. The molecule has 2 N–H and O–H groups in total. The van der Waals surface area contributed by atoms with Gasteiger partial charge in [0.25, 0.3) is 5.91 Å². The van der Waals surface area contributed by atoms with Gasteiger partial charge in [-0.25, -0.2) is 9.37 Å². The molecule has 1 aromatic heterocycles. The third-order valence-corrected chi connectivity index (χ3v) is 4.51. The van der Waals surface area contributed by atoms with Gasteiger partial charge in [-0.05, 0) is 59.6 Å². The molecule has 136 valence electrons. The maximum absolute atomic E-state index is 13.1. The van der Waals surface area contributed by atoms with Crippen molar-refractivity contribution in [1.29, 1.82) is 0 Å². The van der Waals surface area contributed by atoms with Gasteiger partial charge in [0.15, 0.2) is 6.10 Å². The number of para-hydroxylation sites is 2. The summed E-state index contributed by atoms with van der Waals surface area (Å²) in [5.41, 5.74) is 1.96. The van der Waals surface area contributed by atoms with Crippen molar-refractivity contribution in [2.24, 2.45) is 0 Å². The number of imidazole rings is 1. The fourth-order valence-electron chi connectivity index (χ4n) is 2.55. The van der Waals surface area contributed by atoms with Crippen LogP contribution in [0, 0.1) is 5.82 Å². The van der Waals surface area contributed by atoms with Crippen LogP contribution in [-0.4, -0.2) is 28.5 Å². The molecule has 1 heterocycles. The van der Waals surface area contributed by atoms with E-state index in [-0.39, 0.29) is 11.7 Å². The van der Waals surface area contributed by atoms with E-state index in [1.54, 1.807) is 6.92 Å². The van der Waals surface area contributed by atoms with Gasteiger partial charge in [0.05, 0.1) is 15.5 Å². The normalized spacial score (nSPS) is 12.1. The Morgan fingerprint density at radius 3 is 2.92 bits per heavy atom. The van der Waals surface area contributed by atoms with Gasteiger partial charge < -0.3 is 15.0 Å². The van der Waals surface area contributed by atoms with Crippen LogP contribution in [0.25, 0.3) is 11.0 Å². The van der Waals surface area contributed by atoms with E-state index in [1.165, 1.54) is 18.2 Å². The van der Waals surface area contributed by atoms with Gasteiger partial charge in [-0.1, -0.05) is 12.1 Å². The van der Waals surface area contributed by atoms with Crippen LogP contribution in [0.2, 0.25) is 0 Å². The minimum atomic E-state index is -0.678. The third-order valence-electron chi connectivity index (χ3n) is 3.89. The number of H-pyrrole nitrogens is 1. The first-order valence-corrected chi connectivity index (χ1v) is 9.15. The van der Waals surface area contributed by atoms with Gasteiger partial charge in [-0.2, -0.15) is 0 Å². The number of carbonyl (C=O) groups is 1. The van der Waals surface area contributed by atoms with E-state index in [9.17, 15) is 9.18 Å². The average molecular weight is 420 g/mol. The molecule has 2 aromatic carbocycles. The largest absolute Gasteiger partial charge is 0.480 e. The fraction of sp³-hybridized carbons (Fsp3) is 0.263. The van der Waals surface area contributed by atoms with Crippen molar-refractivity contribution in [2.45, 2.75) is 25.9 Å². The highest BCUT2D eigenvalue weighted by Gasteiger charge is 2.15. The summed E-state index contributed by atoms with van der Waals surface area (Å²) >= 11 is 3.22. The molecule has 3 aromatic rings. The number of nitrogens with zero attached hydrogens (tertiary/aromatic N) is 1. The monoisotopic (exact) mass is 419 g/mol. The predicted octanol–water partition coefficient (Wildman–Crippen LogP) is 3.98. The number of aromatic amines is 1. The smallest absolute Gasteiger partial charge is 0.260 e. The van der Waals surface area contributed by atoms with Crippen molar-refractivity contribution in [3.8, 4) is 5.75 Å². The van der Waals surface area contributed by atoms with Crippen LogP contribution in [0.5, 0.6) is 5.75 Å². The predicted molar refractivity (Wildman–Crippen MR) is 102 cm³/mol. The Bertz CT molecular complexity index is 880. The Hall–Kier alpha value is -2.41. The third kappa shape index (κ3) is 4.60. The number of amides is 1. The lowest BCUT2D eigenvalue weighted by Crippen LogP contribution is -2.37. The number of carbonyl (C=O) groups excluding carboxylic acids is 1. The topological polar surface area (TPSA) is 67.0 Å². The van der Waals surface area contributed by atoms with Crippen LogP contribution >= 0.6 is 15.9 Å². The van der Waals surface area contributed by atoms with Crippen molar-refractivity contribution in [3.63, 3.8) is 0 Å². The molecular formula is C19H19BrFN3O2. The number of ether oxygens (including phenoxy) is 1. The standard InChI is InChI=1S/C19H19BrFN3O2/c1-12(26-17-9-8-13(21)11-14(17)20)19(25)22-10-4-7-18-23-15-5-2-3-6-16(15)24-18/h2-3,5-6,8-9,11-12H,4,7,10H2,1H3,(H,22,25)(H,23,24)/t12-/m0/s1. The first-order chi connectivity index (χ1) is 12.5. The Labute approximate surface area is 159 Å². The molecule has 0 spiro atoms. The lowest BCUT2D eigenvalue weighted by molar-refractivity contribution is -0.127. The molecule has 5 nitrogen and oxygen atoms in total. The van der Waals surface area contributed by atoms with Crippen LogP contribution in [0.1, 0.15) is 19.2 Å². The highest BCUT2D eigenvalue weighted by molar-refractivity contribution is 9.10. The summed E-state index contributed by atoms with van der Waals surface area (Å²) in [5, 5.41) is 2.84. The maximum Gasteiger partial charge on any atom is 0.260 e. The summed E-state index contributed by atoms with van der Waals surface area (Å²) in [6.07, 6.45) is 0.828. The van der Waals surface area contributed by atoms with E-state index in [4.69, 9.17) is 4.74 Å². The molecule has 0 aliphatic rings. The minimum Gasteiger partial charge on any atom is -0.480 e. The van der Waals surface area contributed by atoms with Gasteiger partial charge in [-0.15, -0.1) is 0 Å². The molecule has 0 aliphatic heterocycles. The second-order valence-corrected chi connectivity index (χ2v) is 6.78. The van der Waals surface area contributed by atoms with Gasteiger partial charge in [0, 0.05) is 13.0 Å². The Morgan fingerprint density at radius 1 is 1.35 bits per heavy atom. The zero-order valence-corrected chi connectivity index (χ0v) is 15.8. The Morgan fingerprint density at radius 2 is 2.15 bits per heavy atom. The molecule has 3 rings (SSSR count). The molecular weight excluding hydrogens is 401 g/mol. The van der Waals surface area contributed by atoms with Crippen molar-refractivity contribution < 1.29 is 13.9 Å². The number of nitrogens with one attached hydrogen (secondary N) is 2. The summed E-state index contributed by atoms with van der Waals surface area (Å²) < 4.78 is 19.1. The molecule has 1 atom stereocenters. The summed E-state index contributed by atoms with van der Waals surface area (Å²) in [7, 11) is 0. The number of hydrogen-bond donors (Lipinski definition) is 2.